The van der Waals surface area contributed by atoms with Gasteiger partial charge in [-0.15, -0.1) is 10.2 Å². The number of anilines is 1. The second kappa shape index (κ2) is 8.60. The van der Waals surface area contributed by atoms with E-state index in [4.69, 9.17) is 0 Å². The third kappa shape index (κ3) is 4.80. The Kier molecular flexibility index (Phi) is 5.77. The van der Waals surface area contributed by atoms with Crippen molar-refractivity contribution < 1.29 is 14.5 Å². The van der Waals surface area contributed by atoms with Gasteiger partial charge in [0, 0.05) is 23.3 Å². The molecule has 0 bridgehead atoms. The highest BCUT2D eigenvalue weighted by Crippen LogP contribution is 2.25. The predicted octanol–water partition coefficient (Wildman–Crippen LogP) is 2.20. The third-order valence-electron chi connectivity index (χ3n) is 3.33. The van der Waals surface area contributed by atoms with Gasteiger partial charge in [-0.3, -0.25) is 25.0 Å². The fourth-order valence-electron chi connectivity index (χ4n) is 2.06. The van der Waals surface area contributed by atoms with Gasteiger partial charge < -0.3 is 0 Å². The number of hydrazone groups is 1. The van der Waals surface area contributed by atoms with E-state index in [1.807, 2.05) is 35.8 Å². The Morgan fingerprint density at radius 3 is 2.61 bits per heavy atom. The van der Waals surface area contributed by atoms with E-state index in [1.54, 1.807) is 6.07 Å². The molecule has 2 N–H and O–H groups in total. The summed E-state index contributed by atoms with van der Waals surface area (Å²) < 4.78 is 0. The summed E-state index contributed by atoms with van der Waals surface area (Å²) in [5.74, 6) is -1.98. The van der Waals surface area contributed by atoms with Crippen LogP contribution in [0.15, 0.2) is 59.7 Å². The summed E-state index contributed by atoms with van der Waals surface area (Å²) in [6.07, 6.45) is 1.19. The number of amides is 2. The fraction of sp³-hybridized carbons (Fsp3) is 0. The van der Waals surface area contributed by atoms with Gasteiger partial charge in [0.1, 0.15) is 5.01 Å². The molecule has 0 unspecified atom stereocenters. The summed E-state index contributed by atoms with van der Waals surface area (Å²) in [4.78, 5) is 33.9. The molecule has 10 nitrogen and oxygen atoms in total. The minimum Gasteiger partial charge on any atom is -0.292 e. The lowest BCUT2D eigenvalue weighted by Gasteiger charge is -1.99. The molecule has 3 aromatic rings. The number of nitrogens with one attached hydrogen (secondary N) is 2. The molecule has 0 fully saturated rings. The summed E-state index contributed by atoms with van der Waals surface area (Å²) >= 11 is 1.12. The van der Waals surface area contributed by atoms with Gasteiger partial charge in [-0.1, -0.05) is 53.8 Å². The standard InChI is InChI=1S/C17H12N6O4S/c24-14(19-17-22-21-16(28-17)12-6-2-1-3-7-12)15(25)20-18-10-11-5-4-8-13(9-11)23(26)27/h1-10H,(H,20,25)(H,19,22,24)/b18-10+. The monoisotopic (exact) mass is 396 g/mol. The first-order valence-electron chi connectivity index (χ1n) is 7.80. The number of aromatic nitrogens is 2. The maximum absolute atomic E-state index is 11.9. The second-order valence-corrected chi connectivity index (χ2v) is 6.26. The molecule has 1 aromatic heterocycles. The van der Waals surface area contributed by atoms with Gasteiger partial charge in [-0.05, 0) is 0 Å². The maximum atomic E-state index is 11.9. The van der Waals surface area contributed by atoms with Crippen molar-refractivity contribution >= 4 is 40.2 Å². The Labute approximate surface area is 162 Å². The average molecular weight is 396 g/mol. The molecule has 0 aliphatic rings. The molecule has 28 heavy (non-hydrogen) atoms. The van der Waals surface area contributed by atoms with E-state index in [9.17, 15) is 19.7 Å². The molecule has 0 aliphatic carbocycles. The van der Waals surface area contributed by atoms with Crippen LogP contribution < -0.4 is 10.7 Å². The summed E-state index contributed by atoms with van der Waals surface area (Å²) in [5, 5.41) is 25.2. The van der Waals surface area contributed by atoms with Crippen molar-refractivity contribution in [3.8, 4) is 10.6 Å². The Hall–Kier alpha value is -3.99. The Balaban J connectivity index is 1.56. The molecule has 2 aromatic carbocycles. The predicted molar refractivity (Wildman–Crippen MR) is 103 cm³/mol. The molecular formula is C17H12N6O4S. The minimum absolute atomic E-state index is 0.112. The highest BCUT2D eigenvalue weighted by molar-refractivity contribution is 7.18. The Morgan fingerprint density at radius 2 is 1.86 bits per heavy atom. The maximum Gasteiger partial charge on any atom is 0.329 e. The van der Waals surface area contributed by atoms with Gasteiger partial charge >= 0.3 is 11.8 Å². The Morgan fingerprint density at radius 1 is 1.07 bits per heavy atom. The highest BCUT2D eigenvalue weighted by Gasteiger charge is 2.16. The molecule has 2 amide bonds. The van der Waals surface area contributed by atoms with E-state index in [0.29, 0.717) is 10.6 Å². The van der Waals surface area contributed by atoms with E-state index in [0.717, 1.165) is 16.9 Å². The second-order valence-electron chi connectivity index (χ2n) is 5.28. The number of carbonyl (C=O) groups excluding carboxylic acids is 2. The lowest BCUT2D eigenvalue weighted by molar-refractivity contribution is -0.384. The van der Waals surface area contributed by atoms with E-state index in [2.05, 4.69) is 20.6 Å². The average Bonchev–Trinajstić information content (AvgIpc) is 3.17. The van der Waals surface area contributed by atoms with Crippen LogP contribution in [0.2, 0.25) is 0 Å². The van der Waals surface area contributed by atoms with Gasteiger partial charge in [-0.25, -0.2) is 5.43 Å². The number of hydrogen-bond donors (Lipinski definition) is 2. The molecule has 3 rings (SSSR count). The van der Waals surface area contributed by atoms with E-state index >= 15 is 0 Å². The summed E-state index contributed by atoms with van der Waals surface area (Å²) in [6.45, 7) is 0. The number of non-ortho nitro benzene ring substituents is 1. The van der Waals surface area contributed by atoms with Gasteiger partial charge in [0.25, 0.3) is 5.69 Å². The van der Waals surface area contributed by atoms with Crippen molar-refractivity contribution in [2.45, 2.75) is 0 Å². The molecule has 0 saturated carbocycles. The minimum atomic E-state index is -1.02. The molecular weight excluding hydrogens is 384 g/mol. The van der Waals surface area contributed by atoms with Crippen LogP contribution in [0.3, 0.4) is 0 Å². The zero-order chi connectivity index (χ0) is 19.9. The summed E-state index contributed by atoms with van der Waals surface area (Å²) in [5.41, 5.74) is 3.17. The first kappa shape index (κ1) is 18.8. The van der Waals surface area contributed by atoms with Crippen LogP contribution in [0, 0.1) is 10.1 Å². The number of rotatable bonds is 5. The van der Waals surface area contributed by atoms with Crippen LogP contribution in [0.25, 0.3) is 10.6 Å². The number of nitrogens with zero attached hydrogens (tertiary/aromatic N) is 4. The van der Waals surface area contributed by atoms with Gasteiger partial charge in [0.15, 0.2) is 0 Å². The number of nitro benzene ring substituents is 1. The van der Waals surface area contributed by atoms with Crippen LogP contribution in [-0.4, -0.2) is 33.1 Å². The normalized spacial score (nSPS) is 10.6. The van der Waals surface area contributed by atoms with Crippen molar-refractivity contribution in [2.24, 2.45) is 5.10 Å². The zero-order valence-corrected chi connectivity index (χ0v) is 14.9. The van der Waals surface area contributed by atoms with E-state index in [1.165, 1.54) is 24.4 Å². The molecule has 140 valence electrons. The number of hydrogen-bond acceptors (Lipinski definition) is 8. The smallest absolute Gasteiger partial charge is 0.292 e. The Bertz CT molecular complexity index is 1050. The van der Waals surface area contributed by atoms with Crippen LogP contribution in [0.1, 0.15) is 5.56 Å². The van der Waals surface area contributed by atoms with Crippen molar-refractivity contribution in [3.05, 3.63) is 70.3 Å². The third-order valence-corrected chi connectivity index (χ3v) is 4.22. The largest absolute Gasteiger partial charge is 0.329 e. The van der Waals surface area contributed by atoms with Gasteiger partial charge in [-0.2, -0.15) is 5.10 Å². The molecule has 0 saturated heterocycles. The number of nitro groups is 1. The van der Waals surface area contributed by atoms with Crippen molar-refractivity contribution in [3.63, 3.8) is 0 Å². The molecule has 1 heterocycles. The number of carbonyl (C=O) groups is 2. The van der Waals surface area contributed by atoms with Crippen molar-refractivity contribution in [2.75, 3.05) is 5.32 Å². The molecule has 0 aliphatic heterocycles. The summed E-state index contributed by atoms with van der Waals surface area (Å²) in [7, 11) is 0. The molecule has 0 radical (unpaired) electrons. The van der Waals surface area contributed by atoms with E-state index in [-0.39, 0.29) is 10.8 Å². The quantitative estimate of drug-likeness (QED) is 0.293. The summed E-state index contributed by atoms with van der Waals surface area (Å²) in [6, 6.07) is 14.9. The SMILES string of the molecule is O=C(N/N=C/c1cccc([N+](=O)[O-])c1)C(=O)Nc1nnc(-c2ccccc2)s1. The van der Waals surface area contributed by atoms with Crippen molar-refractivity contribution in [1.29, 1.82) is 0 Å². The van der Waals surface area contributed by atoms with Crippen LogP contribution in [-0.2, 0) is 9.59 Å². The van der Waals surface area contributed by atoms with Crippen LogP contribution in [0.5, 0.6) is 0 Å². The van der Waals surface area contributed by atoms with Crippen molar-refractivity contribution in [1.82, 2.24) is 15.6 Å². The lowest BCUT2D eigenvalue weighted by atomic mass is 10.2. The van der Waals surface area contributed by atoms with Crippen LogP contribution in [0.4, 0.5) is 10.8 Å². The number of benzene rings is 2. The first-order valence-corrected chi connectivity index (χ1v) is 8.62. The fourth-order valence-corrected chi connectivity index (χ4v) is 2.80. The lowest BCUT2D eigenvalue weighted by Crippen LogP contribution is -2.32. The van der Waals surface area contributed by atoms with Gasteiger partial charge in [0.2, 0.25) is 5.13 Å². The van der Waals surface area contributed by atoms with Gasteiger partial charge in [0.05, 0.1) is 11.1 Å². The highest BCUT2D eigenvalue weighted by atomic mass is 32.1. The van der Waals surface area contributed by atoms with Crippen LogP contribution >= 0.6 is 11.3 Å². The molecule has 0 spiro atoms. The molecule has 0 atom stereocenters. The first-order chi connectivity index (χ1) is 13.5. The van der Waals surface area contributed by atoms with E-state index < -0.39 is 16.7 Å². The topological polar surface area (TPSA) is 139 Å². The molecule has 11 heteroatoms. The zero-order valence-electron chi connectivity index (χ0n) is 14.1.